The molecule has 2 aromatic heterocycles. The topological polar surface area (TPSA) is 54.9 Å². The Balaban J connectivity index is 2.33. The van der Waals surface area contributed by atoms with Crippen molar-refractivity contribution in [2.75, 3.05) is 5.32 Å². The maximum atomic E-state index is 13.4. The number of rotatable bonds is 2. The SMILES string of the molecule is Cc1nc(NC(=O)c2ccnc(F)c2F)c(Cl)cc1Cl. The summed E-state index contributed by atoms with van der Waals surface area (Å²) in [5, 5.41) is 2.70. The molecule has 20 heavy (non-hydrogen) atoms. The van der Waals surface area contributed by atoms with E-state index in [2.05, 4.69) is 15.3 Å². The zero-order valence-electron chi connectivity index (χ0n) is 10.0. The largest absolute Gasteiger partial charge is 0.305 e. The van der Waals surface area contributed by atoms with Crippen molar-refractivity contribution in [1.29, 1.82) is 0 Å². The van der Waals surface area contributed by atoms with Gasteiger partial charge in [0.05, 0.1) is 21.3 Å². The van der Waals surface area contributed by atoms with Crippen LogP contribution in [-0.2, 0) is 0 Å². The highest BCUT2D eigenvalue weighted by molar-refractivity contribution is 6.36. The summed E-state index contributed by atoms with van der Waals surface area (Å²) in [7, 11) is 0. The molecule has 0 aliphatic carbocycles. The maximum Gasteiger partial charge on any atom is 0.260 e. The molecular formula is C12H7Cl2F2N3O. The van der Waals surface area contributed by atoms with Gasteiger partial charge in [0.15, 0.2) is 11.6 Å². The summed E-state index contributed by atoms with van der Waals surface area (Å²) < 4.78 is 26.4. The van der Waals surface area contributed by atoms with Gasteiger partial charge < -0.3 is 5.32 Å². The molecule has 0 aliphatic heterocycles. The van der Waals surface area contributed by atoms with Gasteiger partial charge in [-0.1, -0.05) is 23.2 Å². The third-order valence-electron chi connectivity index (χ3n) is 2.43. The number of pyridine rings is 2. The first-order valence-electron chi connectivity index (χ1n) is 5.34. The van der Waals surface area contributed by atoms with E-state index in [0.717, 1.165) is 12.3 Å². The Hall–Kier alpha value is -1.79. The molecule has 1 amide bonds. The van der Waals surface area contributed by atoms with Crippen molar-refractivity contribution in [3.05, 3.63) is 51.4 Å². The molecule has 0 saturated carbocycles. The fourth-order valence-electron chi connectivity index (χ4n) is 1.41. The van der Waals surface area contributed by atoms with Crippen LogP contribution in [0.25, 0.3) is 0 Å². The summed E-state index contributed by atoms with van der Waals surface area (Å²) >= 11 is 11.7. The molecule has 1 N–H and O–H groups in total. The first kappa shape index (κ1) is 14.6. The normalized spacial score (nSPS) is 10.4. The third-order valence-corrected chi connectivity index (χ3v) is 3.10. The average molecular weight is 318 g/mol. The van der Waals surface area contributed by atoms with Gasteiger partial charge in [0.2, 0.25) is 5.95 Å². The minimum atomic E-state index is -1.36. The van der Waals surface area contributed by atoms with E-state index < -0.39 is 23.2 Å². The van der Waals surface area contributed by atoms with Crippen LogP contribution < -0.4 is 5.32 Å². The van der Waals surface area contributed by atoms with Gasteiger partial charge >= 0.3 is 0 Å². The lowest BCUT2D eigenvalue weighted by Crippen LogP contribution is -2.16. The van der Waals surface area contributed by atoms with Gasteiger partial charge in [-0.05, 0) is 19.1 Å². The monoisotopic (exact) mass is 317 g/mol. The third kappa shape index (κ3) is 2.86. The quantitative estimate of drug-likeness (QED) is 0.861. The fourth-order valence-corrected chi connectivity index (χ4v) is 1.82. The van der Waals surface area contributed by atoms with Gasteiger partial charge in [0.1, 0.15) is 0 Å². The number of carbonyl (C=O) groups is 1. The van der Waals surface area contributed by atoms with Crippen LogP contribution in [0.4, 0.5) is 14.6 Å². The Bertz CT molecular complexity index is 695. The van der Waals surface area contributed by atoms with Crippen molar-refractivity contribution < 1.29 is 13.6 Å². The van der Waals surface area contributed by atoms with E-state index in [1.807, 2.05) is 0 Å². The van der Waals surface area contributed by atoms with Crippen molar-refractivity contribution >= 4 is 34.9 Å². The Kier molecular flexibility index (Phi) is 4.15. The van der Waals surface area contributed by atoms with Crippen LogP contribution in [0.15, 0.2) is 18.3 Å². The molecule has 2 aromatic rings. The van der Waals surface area contributed by atoms with E-state index in [9.17, 15) is 13.6 Å². The van der Waals surface area contributed by atoms with Crippen LogP contribution >= 0.6 is 23.2 Å². The molecule has 0 fully saturated rings. The summed E-state index contributed by atoms with van der Waals surface area (Å²) in [6, 6.07) is 2.44. The predicted octanol–water partition coefficient (Wildman–Crippen LogP) is 3.62. The number of anilines is 1. The van der Waals surface area contributed by atoms with Crippen molar-refractivity contribution in [2.24, 2.45) is 0 Å². The number of amides is 1. The van der Waals surface area contributed by atoms with Crippen LogP contribution in [-0.4, -0.2) is 15.9 Å². The van der Waals surface area contributed by atoms with Gasteiger partial charge in [-0.3, -0.25) is 4.79 Å². The lowest BCUT2D eigenvalue weighted by Gasteiger charge is -2.08. The minimum Gasteiger partial charge on any atom is -0.305 e. The molecule has 0 bridgehead atoms. The zero-order valence-corrected chi connectivity index (χ0v) is 11.6. The standard InChI is InChI=1S/C12H7Cl2F2N3O/c1-5-7(13)4-8(14)11(18-5)19-12(20)6-2-3-17-10(16)9(6)15/h2-4H,1H3,(H,18,19,20). The Morgan fingerprint density at radius 3 is 2.70 bits per heavy atom. The molecule has 2 heterocycles. The Labute approximate surface area is 122 Å². The predicted molar refractivity (Wildman–Crippen MR) is 71.1 cm³/mol. The van der Waals surface area contributed by atoms with Crippen LogP contribution in [0.3, 0.4) is 0 Å². The highest BCUT2D eigenvalue weighted by Crippen LogP contribution is 2.26. The number of carbonyl (C=O) groups excluding carboxylic acids is 1. The van der Waals surface area contributed by atoms with Crippen molar-refractivity contribution in [3.63, 3.8) is 0 Å². The molecule has 0 atom stereocenters. The van der Waals surface area contributed by atoms with E-state index in [1.54, 1.807) is 6.92 Å². The van der Waals surface area contributed by atoms with E-state index in [-0.39, 0.29) is 10.8 Å². The van der Waals surface area contributed by atoms with Crippen LogP contribution in [0.2, 0.25) is 10.0 Å². The van der Waals surface area contributed by atoms with Crippen LogP contribution in [0, 0.1) is 18.7 Å². The maximum absolute atomic E-state index is 13.4. The molecule has 104 valence electrons. The molecule has 0 aliphatic rings. The summed E-state index contributed by atoms with van der Waals surface area (Å²) in [5.41, 5.74) is -0.0595. The number of hydrogen-bond donors (Lipinski definition) is 1. The summed E-state index contributed by atoms with van der Waals surface area (Å²) in [6.07, 6.45) is 0.982. The number of aryl methyl sites for hydroxylation is 1. The molecule has 8 heteroatoms. The number of nitrogens with zero attached hydrogens (tertiary/aromatic N) is 2. The Morgan fingerprint density at radius 1 is 1.30 bits per heavy atom. The first-order chi connectivity index (χ1) is 9.40. The number of hydrogen-bond acceptors (Lipinski definition) is 3. The summed E-state index contributed by atoms with van der Waals surface area (Å²) in [6.45, 7) is 1.61. The van der Waals surface area contributed by atoms with Crippen molar-refractivity contribution in [2.45, 2.75) is 6.92 Å². The number of aromatic nitrogens is 2. The van der Waals surface area contributed by atoms with E-state index >= 15 is 0 Å². The number of halogens is 4. The second-order valence-corrected chi connectivity index (χ2v) is 4.62. The smallest absolute Gasteiger partial charge is 0.260 e. The zero-order chi connectivity index (χ0) is 14.9. The minimum absolute atomic E-state index is 0.00943. The molecule has 4 nitrogen and oxygen atoms in total. The van der Waals surface area contributed by atoms with Crippen LogP contribution in [0.5, 0.6) is 0 Å². The second-order valence-electron chi connectivity index (χ2n) is 3.80. The van der Waals surface area contributed by atoms with Gasteiger partial charge in [-0.25, -0.2) is 14.4 Å². The van der Waals surface area contributed by atoms with Crippen LogP contribution in [0.1, 0.15) is 16.1 Å². The summed E-state index contributed by atoms with van der Waals surface area (Å²) in [4.78, 5) is 18.9. The first-order valence-corrected chi connectivity index (χ1v) is 6.09. The lowest BCUT2D eigenvalue weighted by molar-refractivity contribution is 0.102. The van der Waals surface area contributed by atoms with E-state index in [4.69, 9.17) is 23.2 Å². The molecule has 0 saturated heterocycles. The average Bonchev–Trinajstić information content (AvgIpc) is 2.39. The van der Waals surface area contributed by atoms with Gasteiger partial charge in [0.25, 0.3) is 5.91 Å². The van der Waals surface area contributed by atoms with E-state index in [1.165, 1.54) is 6.07 Å². The second kappa shape index (κ2) is 5.68. The van der Waals surface area contributed by atoms with E-state index in [0.29, 0.717) is 10.7 Å². The number of nitrogens with one attached hydrogen (secondary N) is 1. The molecule has 0 spiro atoms. The molecule has 0 aromatic carbocycles. The van der Waals surface area contributed by atoms with Crippen molar-refractivity contribution in [1.82, 2.24) is 9.97 Å². The molecular weight excluding hydrogens is 311 g/mol. The van der Waals surface area contributed by atoms with Gasteiger partial charge in [0, 0.05) is 6.20 Å². The summed E-state index contributed by atoms with van der Waals surface area (Å²) in [5.74, 6) is -3.58. The lowest BCUT2D eigenvalue weighted by atomic mass is 10.2. The fraction of sp³-hybridized carbons (Fsp3) is 0.0833. The van der Waals surface area contributed by atoms with Crippen molar-refractivity contribution in [3.8, 4) is 0 Å². The highest BCUT2D eigenvalue weighted by atomic mass is 35.5. The molecule has 0 unspecified atom stereocenters. The highest BCUT2D eigenvalue weighted by Gasteiger charge is 2.18. The van der Waals surface area contributed by atoms with Gasteiger partial charge in [-0.15, -0.1) is 0 Å². The molecule has 2 rings (SSSR count). The molecule has 0 radical (unpaired) electrons. The Morgan fingerprint density at radius 2 is 2.00 bits per heavy atom. The van der Waals surface area contributed by atoms with Gasteiger partial charge in [-0.2, -0.15) is 4.39 Å².